The Morgan fingerprint density at radius 2 is 2.06 bits per heavy atom. The lowest BCUT2D eigenvalue weighted by molar-refractivity contribution is -0.121. The minimum atomic E-state index is -3.07. The normalized spacial score (nSPS) is 15.5. The van der Waals surface area contributed by atoms with E-state index in [4.69, 9.17) is 4.74 Å². The number of esters is 1. The summed E-state index contributed by atoms with van der Waals surface area (Å²) < 4.78 is 34.9. The van der Waals surface area contributed by atoms with Crippen molar-refractivity contribution in [3.05, 3.63) is 45.8 Å². The third-order valence-corrected chi connectivity index (χ3v) is 6.56. The molecule has 1 saturated heterocycles. The van der Waals surface area contributed by atoms with Gasteiger partial charge in [-0.05, 0) is 44.4 Å². The number of nitrogens with one attached hydrogen (secondary N) is 1. The van der Waals surface area contributed by atoms with Crippen molar-refractivity contribution in [3.63, 3.8) is 0 Å². The lowest BCUT2D eigenvalue weighted by Crippen LogP contribution is -2.43. The summed E-state index contributed by atoms with van der Waals surface area (Å²) in [6.07, 6.45) is 1.03. The smallest absolute Gasteiger partial charge is 0.387 e. The second kappa shape index (κ2) is 11.1. The van der Waals surface area contributed by atoms with Gasteiger partial charge in [0.15, 0.2) is 0 Å². The Morgan fingerprint density at radius 3 is 2.74 bits per heavy atom. The molecule has 1 N–H and O–H groups in total. The van der Waals surface area contributed by atoms with Gasteiger partial charge in [0.1, 0.15) is 21.7 Å². The maximum absolute atomic E-state index is 13.0. The molecular weight excluding hydrogens is 468 g/mol. The quantitative estimate of drug-likeness (QED) is 0.582. The summed E-state index contributed by atoms with van der Waals surface area (Å²) in [4.78, 5) is 39.8. The van der Waals surface area contributed by atoms with Gasteiger partial charge in [-0.2, -0.15) is 14.0 Å². The molecule has 0 aliphatic carbocycles. The van der Waals surface area contributed by atoms with E-state index >= 15 is 0 Å². The van der Waals surface area contributed by atoms with E-state index in [1.54, 1.807) is 19.9 Å². The van der Waals surface area contributed by atoms with Gasteiger partial charge < -0.3 is 19.7 Å². The zero-order chi connectivity index (χ0) is 24.8. The van der Waals surface area contributed by atoms with E-state index in [0.29, 0.717) is 24.9 Å². The number of hydrogen-bond acceptors (Lipinski definition) is 7. The van der Waals surface area contributed by atoms with Gasteiger partial charge in [-0.25, -0.2) is 4.79 Å². The molecule has 11 heteroatoms. The molecule has 1 aliphatic rings. The van der Waals surface area contributed by atoms with Crippen molar-refractivity contribution in [2.45, 2.75) is 33.3 Å². The highest BCUT2D eigenvalue weighted by Gasteiger charge is 2.31. The first kappa shape index (κ1) is 25.1. The number of nitriles is 1. The number of piperidine rings is 1. The second-order valence-corrected chi connectivity index (χ2v) is 8.57. The van der Waals surface area contributed by atoms with Crippen molar-refractivity contribution in [1.29, 1.82) is 5.26 Å². The van der Waals surface area contributed by atoms with Crippen molar-refractivity contribution in [2.75, 3.05) is 25.0 Å². The average Bonchev–Trinajstić information content (AvgIpc) is 3.13. The van der Waals surface area contributed by atoms with Crippen LogP contribution in [0.2, 0.25) is 0 Å². The van der Waals surface area contributed by atoms with Crippen LogP contribution in [0.3, 0.4) is 0 Å². The Balaban J connectivity index is 1.75. The van der Waals surface area contributed by atoms with Crippen LogP contribution in [0.4, 0.5) is 13.8 Å². The van der Waals surface area contributed by atoms with Gasteiger partial charge in [0.05, 0.1) is 23.7 Å². The number of carbonyl (C=O) groups is 3. The molecule has 2 aromatic rings. The number of hydrogen-bond donors (Lipinski definition) is 1. The number of carbonyl (C=O) groups excluding carboxylic acids is 3. The lowest BCUT2D eigenvalue weighted by atomic mass is 9.96. The molecule has 0 saturated carbocycles. The van der Waals surface area contributed by atoms with Crippen molar-refractivity contribution in [2.24, 2.45) is 5.92 Å². The van der Waals surface area contributed by atoms with Crippen LogP contribution in [-0.4, -0.2) is 49.0 Å². The summed E-state index contributed by atoms with van der Waals surface area (Å²) >= 11 is 0.966. The van der Waals surface area contributed by atoms with Gasteiger partial charge in [-0.1, -0.05) is 12.1 Å². The minimum Gasteiger partial charge on any atom is -0.462 e. The largest absolute Gasteiger partial charge is 0.462 e. The van der Waals surface area contributed by atoms with Crippen LogP contribution in [0.1, 0.15) is 50.9 Å². The highest BCUT2D eigenvalue weighted by Crippen LogP contribution is 2.34. The number of rotatable bonds is 7. The number of benzene rings is 1. The molecule has 1 atom stereocenters. The Hall–Kier alpha value is -3.52. The Bertz CT molecular complexity index is 1130. The van der Waals surface area contributed by atoms with Crippen molar-refractivity contribution >= 4 is 34.1 Å². The number of anilines is 1. The predicted octanol–water partition coefficient (Wildman–Crippen LogP) is 4.20. The van der Waals surface area contributed by atoms with E-state index in [1.807, 2.05) is 6.07 Å². The molecular formula is C23H23F2N3O5S. The van der Waals surface area contributed by atoms with E-state index < -0.39 is 30.3 Å². The fourth-order valence-electron chi connectivity index (χ4n) is 3.73. The van der Waals surface area contributed by atoms with E-state index in [1.165, 1.54) is 23.1 Å². The molecule has 0 radical (unpaired) electrons. The summed E-state index contributed by atoms with van der Waals surface area (Å²) in [5, 5.41) is 12.5. The monoisotopic (exact) mass is 491 g/mol. The van der Waals surface area contributed by atoms with Gasteiger partial charge in [0, 0.05) is 13.1 Å². The molecule has 8 nitrogen and oxygen atoms in total. The number of thiophene rings is 1. The van der Waals surface area contributed by atoms with E-state index in [9.17, 15) is 28.4 Å². The number of ether oxygens (including phenoxy) is 2. The standard InChI is InChI=1S/C23H23F2N3O5S/c1-3-32-22(31)18-13(2)16(11-26)20(34-18)27-19(29)14-7-6-10-28(12-14)21(30)15-8-4-5-9-17(15)33-23(24)25/h4-5,8-9,14,23H,3,6-7,10,12H2,1-2H3,(H,27,29). The summed E-state index contributed by atoms with van der Waals surface area (Å²) in [7, 11) is 0. The molecule has 1 fully saturated rings. The van der Waals surface area contributed by atoms with Crippen LogP contribution < -0.4 is 10.1 Å². The molecule has 1 aliphatic heterocycles. The molecule has 0 spiro atoms. The van der Waals surface area contributed by atoms with Crippen LogP contribution >= 0.6 is 11.3 Å². The lowest BCUT2D eigenvalue weighted by Gasteiger charge is -2.32. The molecule has 2 heterocycles. The number of amides is 2. The van der Waals surface area contributed by atoms with Gasteiger partial charge in [-0.15, -0.1) is 11.3 Å². The second-order valence-electron chi connectivity index (χ2n) is 7.55. The van der Waals surface area contributed by atoms with Crippen molar-refractivity contribution in [1.82, 2.24) is 4.90 Å². The summed E-state index contributed by atoms with van der Waals surface area (Å²) in [6.45, 7) is 0.818. The highest BCUT2D eigenvalue weighted by atomic mass is 32.1. The van der Waals surface area contributed by atoms with E-state index in [-0.39, 0.29) is 39.9 Å². The highest BCUT2D eigenvalue weighted by molar-refractivity contribution is 7.18. The van der Waals surface area contributed by atoms with E-state index in [2.05, 4.69) is 10.1 Å². The maximum atomic E-state index is 13.0. The zero-order valence-electron chi connectivity index (χ0n) is 18.6. The third-order valence-electron chi connectivity index (χ3n) is 5.37. The predicted molar refractivity (Wildman–Crippen MR) is 120 cm³/mol. The fraction of sp³-hybridized carbons (Fsp3) is 0.391. The summed E-state index contributed by atoms with van der Waals surface area (Å²) in [5.74, 6) is -2.29. The molecule has 1 aromatic carbocycles. The summed E-state index contributed by atoms with van der Waals surface area (Å²) in [5.41, 5.74) is 0.601. The Labute approximate surface area is 199 Å². The van der Waals surface area contributed by atoms with Gasteiger partial charge in [0.2, 0.25) is 5.91 Å². The van der Waals surface area contributed by atoms with E-state index in [0.717, 1.165) is 11.3 Å². The number of alkyl halides is 2. The Kier molecular flexibility index (Phi) is 8.17. The number of likely N-dealkylation sites (tertiary alicyclic amines) is 1. The van der Waals surface area contributed by atoms with Gasteiger partial charge in [-0.3, -0.25) is 9.59 Å². The SMILES string of the molecule is CCOC(=O)c1sc(NC(=O)C2CCCN(C(=O)c3ccccc3OC(F)F)C2)c(C#N)c1C. The molecule has 1 aromatic heterocycles. The molecule has 34 heavy (non-hydrogen) atoms. The molecule has 180 valence electrons. The van der Waals surface area contributed by atoms with Crippen LogP contribution in [0.25, 0.3) is 0 Å². The fourth-order valence-corrected chi connectivity index (χ4v) is 4.78. The molecule has 1 unspecified atom stereocenters. The van der Waals surface area contributed by atoms with Gasteiger partial charge in [0.25, 0.3) is 5.91 Å². The summed E-state index contributed by atoms with van der Waals surface area (Å²) in [6, 6.07) is 7.73. The maximum Gasteiger partial charge on any atom is 0.387 e. The van der Waals surface area contributed by atoms with Crippen molar-refractivity contribution in [3.8, 4) is 11.8 Å². The molecule has 2 amide bonds. The van der Waals surface area contributed by atoms with Gasteiger partial charge >= 0.3 is 12.6 Å². The minimum absolute atomic E-state index is 0.0106. The van der Waals surface area contributed by atoms with Crippen LogP contribution in [0, 0.1) is 24.2 Å². The van der Waals surface area contributed by atoms with Crippen LogP contribution in [0.5, 0.6) is 5.75 Å². The zero-order valence-corrected chi connectivity index (χ0v) is 19.4. The molecule has 0 bridgehead atoms. The first-order chi connectivity index (χ1) is 16.3. The van der Waals surface area contributed by atoms with Crippen LogP contribution in [-0.2, 0) is 9.53 Å². The first-order valence-corrected chi connectivity index (χ1v) is 11.4. The number of nitrogens with zero attached hydrogens (tertiary/aromatic N) is 2. The third kappa shape index (κ3) is 5.51. The van der Waals surface area contributed by atoms with Crippen LogP contribution in [0.15, 0.2) is 24.3 Å². The number of halogens is 2. The average molecular weight is 492 g/mol. The molecule has 3 rings (SSSR count). The van der Waals surface area contributed by atoms with Crippen molar-refractivity contribution < 1.29 is 32.6 Å². The first-order valence-electron chi connectivity index (χ1n) is 10.6. The Morgan fingerprint density at radius 1 is 1.32 bits per heavy atom. The number of para-hydroxylation sites is 1. The topological polar surface area (TPSA) is 109 Å².